The summed E-state index contributed by atoms with van der Waals surface area (Å²) in [5, 5.41) is 4.15. The van der Waals surface area contributed by atoms with Crippen molar-refractivity contribution < 1.29 is 26.8 Å². The summed E-state index contributed by atoms with van der Waals surface area (Å²) in [6.45, 7) is 40.7. The maximum Gasteiger partial charge on any atom is 0.334 e. The lowest BCUT2D eigenvalue weighted by molar-refractivity contribution is -0.861. The molecule has 0 spiro atoms. The van der Waals surface area contributed by atoms with Crippen molar-refractivity contribution in [1.82, 2.24) is 0 Å². The Morgan fingerprint density at radius 1 is 0.600 bits per heavy atom. The van der Waals surface area contributed by atoms with Gasteiger partial charge in [0.2, 0.25) is 17.9 Å². The number of rotatable bonds is 4. The Labute approximate surface area is 287 Å². The van der Waals surface area contributed by atoms with Crippen molar-refractivity contribution in [2.75, 3.05) is 0 Å². The van der Waals surface area contributed by atoms with Crippen LogP contribution in [0.25, 0.3) is 0 Å². The van der Waals surface area contributed by atoms with Gasteiger partial charge < -0.3 is 4.42 Å². The van der Waals surface area contributed by atoms with E-state index in [9.17, 15) is 0 Å². The first-order chi connectivity index (χ1) is 20.9. The van der Waals surface area contributed by atoms with Crippen LogP contribution in [-0.2, 0) is 26.2 Å². The molecule has 0 N–H and O–H groups in total. The molecule has 6 nitrogen and oxygen atoms in total. The summed E-state index contributed by atoms with van der Waals surface area (Å²) >= 11 is 3.47. The highest BCUT2D eigenvalue weighted by Crippen LogP contribution is 2.08. The monoisotopic (exact) mass is 671 g/mol. The second kappa shape index (κ2) is 34.6. The van der Waals surface area contributed by atoms with Crippen molar-refractivity contribution in [2.24, 2.45) is 23.2 Å². The van der Waals surface area contributed by atoms with Gasteiger partial charge in [0.1, 0.15) is 24.6 Å². The van der Waals surface area contributed by atoms with Gasteiger partial charge in [0, 0.05) is 12.1 Å². The first kappa shape index (κ1) is 49.6. The molecule has 262 valence electrons. The fourth-order valence-corrected chi connectivity index (χ4v) is 3.06. The second-order valence-electron chi connectivity index (χ2n) is 13.5. The van der Waals surface area contributed by atoms with Crippen molar-refractivity contribution in [3.8, 4) is 0 Å². The van der Waals surface area contributed by atoms with Gasteiger partial charge in [-0.3, -0.25) is 0 Å². The molecule has 8 heteroatoms. The number of aromatic nitrogens is 4. The molecule has 45 heavy (non-hydrogen) atoms. The number of aryl methyl sites for hydroxylation is 4. The highest BCUT2D eigenvalue weighted by molar-refractivity contribution is 7.07. The largest absolute Gasteiger partial charge is 0.412 e. The zero-order chi connectivity index (χ0) is 35.7. The average molecular weight is 671 g/mol. The summed E-state index contributed by atoms with van der Waals surface area (Å²) in [6, 6.07) is 3.91. The average Bonchev–Trinajstić information content (AvgIpc) is 3.77. The van der Waals surface area contributed by atoms with Crippen LogP contribution in [0.2, 0.25) is 0 Å². The Kier molecular flexibility index (Phi) is 38.1. The van der Waals surface area contributed by atoms with Crippen LogP contribution in [0.4, 0.5) is 0 Å². The Balaban J connectivity index is -0.000000217. The predicted molar refractivity (Wildman–Crippen MR) is 196 cm³/mol. The van der Waals surface area contributed by atoms with Gasteiger partial charge in [0.25, 0.3) is 0 Å². The standard InChI is InChI=1S/2C5H8NO.2C5H8NS.C5H12.3C4H10/c1-2-6-3-4-7-5-6;1-2-6-4-3-5-7-6;1-2-6-3-4-7-5-6;1-2-6-4-3-5-7-6;1-5(2,3)4;3*1-4(2)3/h4*3-5H,2H2,1H3;1-4H3;3*4H,1-3H3/q4*+1;;;;. The molecule has 0 fully saturated rings. The molecular formula is C37H74N4O2S2+4. The number of nitrogens with zero attached hydrogens (tertiary/aromatic N) is 4. The fourth-order valence-electron chi connectivity index (χ4n) is 1.80. The summed E-state index contributed by atoms with van der Waals surface area (Å²) in [5.74, 6) is 2.50. The molecule has 4 rings (SSSR count). The molecule has 0 saturated heterocycles. The van der Waals surface area contributed by atoms with Crippen molar-refractivity contribution >= 4 is 22.9 Å². The van der Waals surface area contributed by atoms with Gasteiger partial charge in [0.15, 0.2) is 38.0 Å². The van der Waals surface area contributed by atoms with Crippen molar-refractivity contribution in [1.29, 1.82) is 0 Å². The van der Waals surface area contributed by atoms with Crippen molar-refractivity contribution in [3.63, 3.8) is 0 Å². The third kappa shape index (κ3) is 57.9. The quantitative estimate of drug-likeness (QED) is 0.203. The Morgan fingerprint density at radius 3 is 1.29 bits per heavy atom. The normalized spacial score (nSPS) is 9.51. The van der Waals surface area contributed by atoms with Crippen molar-refractivity contribution in [3.05, 3.63) is 72.1 Å². The Morgan fingerprint density at radius 2 is 1.11 bits per heavy atom. The first-order valence-electron chi connectivity index (χ1n) is 16.6. The highest BCUT2D eigenvalue weighted by Gasteiger charge is 1.96. The number of thiazole rings is 1. The van der Waals surface area contributed by atoms with Gasteiger partial charge in [0.05, 0.1) is 10.8 Å². The van der Waals surface area contributed by atoms with E-state index in [0.29, 0.717) is 5.41 Å². The molecule has 0 amide bonds. The van der Waals surface area contributed by atoms with Crippen LogP contribution in [0.15, 0.2) is 81.1 Å². The zero-order valence-electron chi connectivity index (χ0n) is 32.4. The predicted octanol–water partition coefficient (Wildman–Crippen LogP) is 10.3. The van der Waals surface area contributed by atoms with E-state index in [1.165, 1.54) is 0 Å². The third-order valence-corrected chi connectivity index (χ3v) is 5.06. The molecule has 4 aromatic heterocycles. The first-order valence-corrected chi connectivity index (χ1v) is 18.4. The number of hydrogen-bond acceptors (Lipinski definition) is 4. The molecule has 0 bridgehead atoms. The van der Waals surface area contributed by atoms with Gasteiger partial charge in [-0.25, -0.2) is 4.52 Å². The molecule has 4 aromatic rings. The lowest BCUT2D eigenvalue weighted by Gasteiger charge is -2.05. The van der Waals surface area contributed by atoms with Crippen LogP contribution in [-0.4, -0.2) is 0 Å². The van der Waals surface area contributed by atoms with E-state index >= 15 is 0 Å². The number of hydrogen-bond donors (Lipinski definition) is 0. The van der Waals surface area contributed by atoms with E-state index in [-0.39, 0.29) is 0 Å². The summed E-state index contributed by atoms with van der Waals surface area (Å²) < 4.78 is 17.7. The Bertz CT molecular complexity index is 824. The summed E-state index contributed by atoms with van der Waals surface area (Å²) in [6.07, 6.45) is 12.9. The number of oxazole rings is 1. The topological polar surface area (TPSA) is 41.8 Å². The second-order valence-corrected chi connectivity index (χ2v) is 15.3. The van der Waals surface area contributed by atoms with Gasteiger partial charge >= 0.3 is 6.39 Å². The van der Waals surface area contributed by atoms with Crippen molar-refractivity contribution in [2.45, 2.75) is 144 Å². The maximum atomic E-state index is 4.90. The highest BCUT2D eigenvalue weighted by atomic mass is 32.1. The minimum atomic E-state index is 0.500. The summed E-state index contributed by atoms with van der Waals surface area (Å²) in [7, 11) is 0. The molecule has 0 saturated carbocycles. The van der Waals surface area contributed by atoms with E-state index in [2.05, 4.69) is 148 Å². The molecular weight excluding hydrogens is 597 g/mol. The molecule has 0 aliphatic rings. The summed E-state index contributed by atoms with van der Waals surface area (Å²) in [4.78, 5) is 0. The zero-order valence-corrected chi connectivity index (χ0v) is 34.0. The minimum absolute atomic E-state index is 0.500. The molecule has 0 unspecified atom stereocenters. The molecule has 0 atom stereocenters. The van der Waals surface area contributed by atoms with Gasteiger partial charge in [-0.15, -0.1) is 3.96 Å². The van der Waals surface area contributed by atoms with E-state index in [0.717, 1.165) is 43.9 Å². The fraction of sp³-hybridized carbons (Fsp3) is 0.676. The SMILES string of the molecule is CC(C)(C)C.CC(C)C.CC(C)C.CC(C)C.CC[n+]1ccco1.CC[n+]1cccs1.CC[n+]1ccoc1.CC[n+]1ccsc1. The minimum Gasteiger partial charge on any atom is -0.412 e. The van der Waals surface area contributed by atoms with Gasteiger partial charge in [-0.05, 0) is 55.6 Å². The van der Waals surface area contributed by atoms with Gasteiger partial charge in [-0.2, -0.15) is 9.13 Å². The maximum absolute atomic E-state index is 4.90. The smallest absolute Gasteiger partial charge is 0.334 e. The molecule has 0 aromatic carbocycles. The van der Waals surface area contributed by atoms with Crippen LogP contribution < -0.4 is 17.8 Å². The van der Waals surface area contributed by atoms with Crippen LogP contribution in [0.5, 0.6) is 0 Å². The lowest BCUT2D eigenvalue weighted by Crippen LogP contribution is -2.27. The third-order valence-electron chi connectivity index (χ3n) is 3.46. The van der Waals surface area contributed by atoms with Crippen LogP contribution in [0.3, 0.4) is 0 Å². The molecule has 0 aliphatic carbocycles. The lowest BCUT2D eigenvalue weighted by atomic mass is 10.0. The van der Waals surface area contributed by atoms with Crippen LogP contribution in [0.1, 0.15) is 118 Å². The molecule has 0 aliphatic heterocycles. The van der Waals surface area contributed by atoms with Crippen LogP contribution >= 0.6 is 22.9 Å². The molecule has 0 radical (unpaired) electrons. The molecule has 4 heterocycles. The summed E-state index contributed by atoms with van der Waals surface area (Å²) in [5.41, 5.74) is 2.60. The van der Waals surface area contributed by atoms with E-state index in [1.807, 2.05) is 36.0 Å². The Hall–Kier alpha value is -2.32. The van der Waals surface area contributed by atoms with E-state index in [4.69, 9.17) is 8.94 Å². The van der Waals surface area contributed by atoms with Gasteiger partial charge in [-0.1, -0.05) is 101 Å². The van der Waals surface area contributed by atoms with Crippen LogP contribution in [0, 0.1) is 23.2 Å². The van der Waals surface area contributed by atoms with E-state index in [1.54, 1.807) is 46.5 Å². The van der Waals surface area contributed by atoms with E-state index < -0.39 is 0 Å².